The van der Waals surface area contributed by atoms with Gasteiger partial charge in [-0.1, -0.05) is 0 Å². The summed E-state index contributed by atoms with van der Waals surface area (Å²) < 4.78 is 10.8. The third-order valence-electron chi connectivity index (χ3n) is 4.29. The predicted molar refractivity (Wildman–Crippen MR) is 74.6 cm³/mol. The molecule has 104 valence electrons. The molecule has 4 heteroatoms. The Kier molecular flexibility index (Phi) is 3.37. The molecule has 1 aliphatic carbocycles. The van der Waals surface area contributed by atoms with Crippen LogP contribution in [0.25, 0.3) is 0 Å². The number of aryl methyl sites for hydroxylation is 1. The van der Waals surface area contributed by atoms with Crippen molar-refractivity contribution in [3.05, 3.63) is 23.3 Å². The number of hydrogen-bond acceptors (Lipinski definition) is 4. The van der Waals surface area contributed by atoms with Crippen molar-refractivity contribution in [2.45, 2.75) is 26.2 Å². The normalized spacial score (nSPS) is 18.6. The summed E-state index contributed by atoms with van der Waals surface area (Å²) in [5.41, 5.74) is 8.78. The zero-order chi connectivity index (χ0) is 13.3. The Morgan fingerprint density at radius 1 is 1.26 bits per heavy atom. The van der Waals surface area contributed by atoms with Crippen molar-refractivity contribution < 1.29 is 9.47 Å². The SMILES string of the molecule is Cc1cc2c(cc1CCNCC1(CN)CC1)OCO2. The van der Waals surface area contributed by atoms with Gasteiger partial charge in [0.25, 0.3) is 0 Å². The first-order valence-corrected chi connectivity index (χ1v) is 7.02. The Morgan fingerprint density at radius 2 is 2.00 bits per heavy atom. The molecule has 0 saturated heterocycles. The summed E-state index contributed by atoms with van der Waals surface area (Å²) in [6.07, 6.45) is 3.57. The lowest BCUT2D eigenvalue weighted by Gasteiger charge is -2.14. The molecule has 0 atom stereocenters. The van der Waals surface area contributed by atoms with Crippen molar-refractivity contribution >= 4 is 0 Å². The van der Waals surface area contributed by atoms with Crippen LogP contribution in [-0.4, -0.2) is 26.4 Å². The van der Waals surface area contributed by atoms with E-state index in [1.165, 1.54) is 24.0 Å². The molecule has 3 rings (SSSR count). The number of benzene rings is 1. The zero-order valence-electron chi connectivity index (χ0n) is 11.5. The number of fused-ring (bicyclic) bond motifs is 1. The van der Waals surface area contributed by atoms with E-state index in [4.69, 9.17) is 15.2 Å². The van der Waals surface area contributed by atoms with Gasteiger partial charge >= 0.3 is 0 Å². The van der Waals surface area contributed by atoms with Gasteiger partial charge in [-0.05, 0) is 68.0 Å². The monoisotopic (exact) mass is 262 g/mol. The molecule has 19 heavy (non-hydrogen) atoms. The minimum atomic E-state index is 0.343. The quantitative estimate of drug-likeness (QED) is 0.765. The van der Waals surface area contributed by atoms with Gasteiger partial charge in [-0.15, -0.1) is 0 Å². The van der Waals surface area contributed by atoms with Crippen LogP contribution in [0.2, 0.25) is 0 Å². The van der Waals surface area contributed by atoms with Gasteiger partial charge in [0.15, 0.2) is 11.5 Å². The van der Waals surface area contributed by atoms with Crippen LogP contribution in [0.15, 0.2) is 12.1 Å². The van der Waals surface area contributed by atoms with Crippen molar-refractivity contribution in [2.75, 3.05) is 26.4 Å². The maximum absolute atomic E-state index is 5.78. The van der Waals surface area contributed by atoms with Crippen molar-refractivity contribution in [1.82, 2.24) is 5.32 Å². The molecule has 1 aromatic rings. The van der Waals surface area contributed by atoms with Crippen LogP contribution in [0.5, 0.6) is 11.5 Å². The molecule has 1 saturated carbocycles. The molecule has 1 heterocycles. The van der Waals surface area contributed by atoms with Crippen LogP contribution in [0.4, 0.5) is 0 Å². The van der Waals surface area contributed by atoms with Gasteiger partial charge in [-0.3, -0.25) is 0 Å². The minimum Gasteiger partial charge on any atom is -0.454 e. The highest BCUT2D eigenvalue weighted by atomic mass is 16.7. The van der Waals surface area contributed by atoms with E-state index in [0.717, 1.165) is 37.6 Å². The van der Waals surface area contributed by atoms with E-state index in [9.17, 15) is 0 Å². The molecule has 1 aromatic carbocycles. The van der Waals surface area contributed by atoms with Gasteiger partial charge < -0.3 is 20.5 Å². The minimum absolute atomic E-state index is 0.343. The summed E-state index contributed by atoms with van der Waals surface area (Å²) in [7, 11) is 0. The first-order chi connectivity index (χ1) is 9.22. The standard InChI is InChI=1S/C15H22N2O2/c1-11-6-13-14(19-10-18-13)7-12(11)2-5-17-9-15(8-16)3-4-15/h6-7,17H,2-5,8-10,16H2,1H3. The topological polar surface area (TPSA) is 56.5 Å². The average molecular weight is 262 g/mol. The Labute approximate surface area is 114 Å². The highest BCUT2D eigenvalue weighted by molar-refractivity contribution is 5.48. The molecule has 4 nitrogen and oxygen atoms in total. The van der Waals surface area contributed by atoms with E-state index < -0.39 is 0 Å². The van der Waals surface area contributed by atoms with Crippen molar-refractivity contribution in [3.63, 3.8) is 0 Å². The van der Waals surface area contributed by atoms with Crippen LogP contribution in [0, 0.1) is 12.3 Å². The van der Waals surface area contributed by atoms with E-state index in [2.05, 4.69) is 24.4 Å². The maximum atomic E-state index is 5.78. The van der Waals surface area contributed by atoms with E-state index in [-0.39, 0.29) is 0 Å². The van der Waals surface area contributed by atoms with E-state index in [1.54, 1.807) is 0 Å². The highest BCUT2D eigenvalue weighted by Crippen LogP contribution is 2.43. The van der Waals surface area contributed by atoms with Crippen molar-refractivity contribution in [1.29, 1.82) is 0 Å². The largest absolute Gasteiger partial charge is 0.454 e. The van der Waals surface area contributed by atoms with Gasteiger partial charge in [-0.25, -0.2) is 0 Å². The van der Waals surface area contributed by atoms with Gasteiger partial charge in [0.2, 0.25) is 6.79 Å². The lowest BCUT2D eigenvalue weighted by molar-refractivity contribution is 0.174. The molecule has 0 unspecified atom stereocenters. The summed E-state index contributed by atoms with van der Waals surface area (Å²) >= 11 is 0. The Morgan fingerprint density at radius 3 is 2.68 bits per heavy atom. The second-order valence-electron chi connectivity index (χ2n) is 5.76. The summed E-state index contributed by atoms with van der Waals surface area (Å²) in [5.74, 6) is 1.75. The number of nitrogens with one attached hydrogen (secondary N) is 1. The molecule has 0 aromatic heterocycles. The fourth-order valence-electron chi connectivity index (χ4n) is 2.56. The highest BCUT2D eigenvalue weighted by Gasteiger charge is 2.40. The predicted octanol–water partition coefficient (Wildman–Crippen LogP) is 1.59. The average Bonchev–Trinajstić information content (AvgIpc) is 3.06. The van der Waals surface area contributed by atoms with Gasteiger partial charge in [0.05, 0.1) is 0 Å². The van der Waals surface area contributed by atoms with Gasteiger partial charge in [0, 0.05) is 6.54 Å². The second kappa shape index (κ2) is 5.02. The van der Waals surface area contributed by atoms with E-state index in [0.29, 0.717) is 12.2 Å². The van der Waals surface area contributed by atoms with Crippen molar-refractivity contribution in [2.24, 2.45) is 11.1 Å². The Balaban J connectivity index is 1.52. The van der Waals surface area contributed by atoms with E-state index >= 15 is 0 Å². The smallest absolute Gasteiger partial charge is 0.231 e. The van der Waals surface area contributed by atoms with Crippen LogP contribution in [-0.2, 0) is 6.42 Å². The van der Waals surface area contributed by atoms with Crippen LogP contribution in [0.1, 0.15) is 24.0 Å². The number of ether oxygens (including phenoxy) is 2. The number of hydrogen-bond donors (Lipinski definition) is 2. The Bertz CT molecular complexity index is 469. The molecule has 0 amide bonds. The molecule has 2 aliphatic rings. The molecule has 3 N–H and O–H groups in total. The maximum Gasteiger partial charge on any atom is 0.231 e. The Hall–Kier alpha value is -1.26. The lowest BCUT2D eigenvalue weighted by Crippen LogP contribution is -2.30. The summed E-state index contributed by atoms with van der Waals surface area (Å²) in [6.45, 7) is 5.31. The number of rotatable bonds is 6. The summed E-state index contributed by atoms with van der Waals surface area (Å²) in [5, 5.41) is 3.53. The molecule has 0 radical (unpaired) electrons. The summed E-state index contributed by atoms with van der Waals surface area (Å²) in [4.78, 5) is 0. The number of nitrogens with two attached hydrogens (primary N) is 1. The lowest BCUT2D eigenvalue weighted by atomic mass is 10.0. The molecule has 1 aliphatic heterocycles. The third kappa shape index (κ3) is 2.69. The van der Waals surface area contributed by atoms with Crippen molar-refractivity contribution in [3.8, 4) is 11.5 Å². The van der Waals surface area contributed by atoms with E-state index in [1.807, 2.05) is 0 Å². The van der Waals surface area contributed by atoms with Gasteiger partial charge in [-0.2, -0.15) is 0 Å². The molecule has 1 fully saturated rings. The molecule has 0 bridgehead atoms. The van der Waals surface area contributed by atoms with Crippen LogP contribution < -0.4 is 20.5 Å². The first-order valence-electron chi connectivity index (χ1n) is 7.02. The van der Waals surface area contributed by atoms with Crippen LogP contribution in [0.3, 0.4) is 0 Å². The van der Waals surface area contributed by atoms with Crippen LogP contribution >= 0.6 is 0 Å². The van der Waals surface area contributed by atoms with Gasteiger partial charge in [0.1, 0.15) is 0 Å². The zero-order valence-corrected chi connectivity index (χ0v) is 11.5. The third-order valence-corrected chi connectivity index (χ3v) is 4.29. The molecule has 0 spiro atoms. The fraction of sp³-hybridized carbons (Fsp3) is 0.600. The fourth-order valence-corrected chi connectivity index (χ4v) is 2.56. The first kappa shape index (κ1) is 12.8. The molecular weight excluding hydrogens is 240 g/mol. The summed E-state index contributed by atoms with van der Waals surface area (Å²) in [6, 6.07) is 4.18. The second-order valence-corrected chi connectivity index (χ2v) is 5.76. The molecular formula is C15H22N2O2.